The second-order valence-electron chi connectivity index (χ2n) is 14.8. The fourth-order valence-electron chi connectivity index (χ4n) is 10.2. The van der Waals surface area contributed by atoms with Crippen LogP contribution in [-0.4, -0.2) is 24.6 Å². The molecule has 0 radical (unpaired) electrons. The van der Waals surface area contributed by atoms with Gasteiger partial charge in [-0.05, 0) is 86.0 Å². The maximum Gasteiger partial charge on any atom is 0.311 e. The number of ether oxygens (including phenoxy) is 1. The number of nitrogens with zero attached hydrogens (tertiary/aromatic N) is 1. The Morgan fingerprint density at radius 1 is 1.00 bits per heavy atom. The lowest BCUT2D eigenvalue weighted by atomic mass is 9.34. The van der Waals surface area contributed by atoms with Gasteiger partial charge in [-0.15, -0.1) is 0 Å². The maximum atomic E-state index is 14.3. The van der Waals surface area contributed by atoms with Crippen LogP contribution < -0.4 is 0 Å². The number of nitriles is 1. The third-order valence-corrected chi connectivity index (χ3v) is 12.7. The number of allylic oxidation sites excluding steroid dienone is 4. The molecule has 0 bridgehead atoms. The van der Waals surface area contributed by atoms with Crippen LogP contribution in [0.1, 0.15) is 93.4 Å². The van der Waals surface area contributed by atoms with E-state index in [1.54, 1.807) is 0 Å². The molecule has 0 aliphatic heterocycles. The van der Waals surface area contributed by atoms with Gasteiger partial charge in [-0.2, -0.15) is 5.26 Å². The molecule has 5 rings (SSSR count). The molecule has 0 aromatic carbocycles. The van der Waals surface area contributed by atoms with Crippen LogP contribution >= 0.6 is 0 Å². The minimum absolute atomic E-state index is 0.0105. The predicted molar refractivity (Wildman–Crippen MR) is 141 cm³/mol. The minimum Gasteiger partial charge on any atom is -0.469 e. The zero-order valence-electron chi connectivity index (χ0n) is 23.9. The van der Waals surface area contributed by atoms with E-state index < -0.39 is 16.2 Å². The Morgan fingerprint density at radius 3 is 2.27 bits per heavy atom. The number of methoxy groups -OCH3 is 1. The second-order valence-corrected chi connectivity index (χ2v) is 14.8. The van der Waals surface area contributed by atoms with Crippen LogP contribution in [-0.2, 0) is 19.1 Å². The van der Waals surface area contributed by atoms with Gasteiger partial charge < -0.3 is 4.74 Å². The largest absolute Gasteiger partial charge is 0.469 e. The predicted octanol–water partition coefficient (Wildman–Crippen LogP) is 6.38. The third kappa shape index (κ3) is 3.11. The molecule has 5 aliphatic carbocycles. The molecule has 2 unspecified atom stereocenters. The van der Waals surface area contributed by atoms with Gasteiger partial charge in [0.1, 0.15) is 6.07 Å². The van der Waals surface area contributed by atoms with E-state index in [1.807, 2.05) is 32.9 Å². The molecule has 0 aromatic heterocycles. The molecule has 0 saturated heterocycles. The van der Waals surface area contributed by atoms with Crippen molar-refractivity contribution in [1.82, 2.24) is 0 Å². The van der Waals surface area contributed by atoms with Crippen molar-refractivity contribution in [3.63, 3.8) is 0 Å². The van der Waals surface area contributed by atoms with Crippen molar-refractivity contribution in [2.24, 2.45) is 50.2 Å². The quantitative estimate of drug-likeness (QED) is 0.386. The Balaban J connectivity index is 1.67. The molecule has 3 saturated carbocycles. The number of esters is 1. The van der Waals surface area contributed by atoms with Gasteiger partial charge in [0.15, 0.2) is 11.6 Å². The lowest BCUT2D eigenvalue weighted by Gasteiger charge is -2.69. The molecule has 37 heavy (non-hydrogen) atoms. The van der Waals surface area contributed by atoms with Crippen LogP contribution in [0.3, 0.4) is 0 Å². The normalized spacial score (nSPS) is 48.2. The fourth-order valence-corrected chi connectivity index (χ4v) is 10.2. The summed E-state index contributed by atoms with van der Waals surface area (Å²) in [6.45, 7) is 15.1. The van der Waals surface area contributed by atoms with Gasteiger partial charge in [0.25, 0.3) is 0 Å². The molecule has 0 aromatic rings. The zero-order chi connectivity index (χ0) is 27.4. The van der Waals surface area contributed by atoms with Crippen molar-refractivity contribution in [3.8, 4) is 6.07 Å². The van der Waals surface area contributed by atoms with E-state index in [0.717, 1.165) is 38.5 Å². The van der Waals surface area contributed by atoms with Gasteiger partial charge >= 0.3 is 5.97 Å². The van der Waals surface area contributed by atoms with Crippen LogP contribution in [0.2, 0.25) is 0 Å². The molecular formula is C32H43NO4. The molecule has 8 atom stereocenters. The smallest absolute Gasteiger partial charge is 0.311 e. The second kappa shape index (κ2) is 7.67. The Morgan fingerprint density at radius 2 is 1.65 bits per heavy atom. The van der Waals surface area contributed by atoms with Crippen molar-refractivity contribution >= 4 is 17.5 Å². The van der Waals surface area contributed by atoms with E-state index in [1.165, 1.54) is 12.7 Å². The number of ketones is 2. The van der Waals surface area contributed by atoms with Crippen LogP contribution in [0, 0.1) is 61.6 Å². The molecule has 0 spiro atoms. The number of hydrogen-bond donors (Lipinski definition) is 0. The lowest BCUT2D eigenvalue weighted by Crippen LogP contribution is -2.65. The maximum absolute atomic E-state index is 14.3. The highest BCUT2D eigenvalue weighted by Crippen LogP contribution is 2.74. The van der Waals surface area contributed by atoms with E-state index in [4.69, 9.17) is 4.74 Å². The van der Waals surface area contributed by atoms with Gasteiger partial charge in [-0.3, -0.25) is 14.4 Å². The SMILES string of the molecule is COC(=O)C1(C)CC[C@]2(C)CC[C@]3(C)C(=CC(=O)[C@@H]4[C@@]5(C)C=C(C#N)C(=O)C(C)(C)C5CC[C@]43C)[C@@H]2C1. The number of carbonyl (C=O) groups excluding carboxylic acids is 3. The summed E-state index contributed by atoms with van der Waals surface area (Å²) in [6.07, 6.45) is 10.1. The number of Topliss-reactive ketones (excluding diaryl/α,β-unsaturated/α-hetero) is 1. The van der Waals surface area contributed by atoms with Crippen LogP contribution in [0.25, 0.3) is 0 Å². The number of fused-ring (bicyclic) bond motifs is 7. The van der Waals surface area contributed by atoms with Crippen molar-refractivity contribution in [2.75, 3.05) is 7.11 Å². The highest BCUT2D eigenvalue weighted by Gasteiger charge is 2.70. The standard InChI is InChI=1S/C32H43NO4/c1-27(2)23-9-10-32(7)24(30(23,5)16-19(18-33)25(27)35)22(34)15-20-21-17-29(4,26(36)37-8)12-11-28(21,3)13-14-31(20,32)6/h15-16,21,23-24H,9-14,17H2,1-8H3/t21-,23?,24+,28+,29?,30-,31+,32+/m0/s1. The first-order valence-electron chi connectivity index (χ1n) is 14.1. The topological polar surface area (TPSA) is 84.2 Å². The molecular weight excluding hydrogens is 462 g/mol. The molecule has 5 nitrogen and oxygen atoms in total. The van der Waals surface area contributed by atoms with E-state index in [2.05, 4.69) is 33.8 Å². The van der Waals surface area contributed by atoms with E-state index in [-0.39, 0.29) is 57.1 Å². The van der Waals surface area contributed by atoms with Crippen molar-refractivity contribution in [1.29, 1.82) is 5.26 Å². The van der Waals surface area contributed by atoms with Crippen LogP contribution in [0.4, 0.5) is 0 Å². The Hall–Kier alpha value is -2.22. The fraction of sp³-hybridized carbons (Fsp3) is 0.750. The number of carbonyl (C=O) groups is 3. The van der Waals surface area contributed by atoms with E-state index >= 15 is 0 Å². The summed E-state index contributed by atoms with van der Waals surface area (Å²) in [5.41, 5.74) is -0.770. The Kier molecular flexibility index (Phi) is 5.47. The summed E-state index contributed by atoms with van der Waals surface area (Å²) in [6, 6.07) is 2.16. The molecule has 3 fully saturated rings. The summed E-state index contributed by atoms with van der Waals surface area (Å²) in [4.78, 5) is 40.4. The van der Waals surface area contributed by atoms with Crippen LogP contribution in [0.5, 0.6) is 0 Å². The lowest BCUT2D eigenvalue weighted by molar-refractivity contribution is -0.172. The van der Waals surface area contributed by atoms with Gasteiger partial charge in [0, 0.05) is 16.7 Å². The average molecular weight is 506 g/mol. The zero-order valence-corrected chi connectivity index (χ0v) is 23.9. The van der Waals surface area contributed by atoms with E-state index in [9.17, 15) is 19.6 Å². The number of hydrogen-bond acceptors (Lipinski definition) is 5. The molecule has 0 N–H and O–H groups in total. The average Bonchev–Trinajstić information content (AvgIpc) is 2.83. The summed E-state index contributed by atoms with van der Waals surface area (Å²) < 4.78 is 5.23. The van der Waals surface area contributed by atoms with Crippen molar-refractivity contribution in [3.05, 3.63) is 23.3 Å². The molecule has 0 heterocycles. The van der Waals surface area contributed by atoms with Gasteiger partial charge in [0.05, 0.1) is 18.1 Å². The van der Waals surface area contributed by atoms with E-state index in [0.29, 0.717) is 6.42 Å². The highest BCUT2D eigenvalue weighted by atomic mass is 16.5. The monoisotopic (exact) mass is 505 g/mol. The summed E-state index contributed by atoms with van der Waals surface area (Å²) in [5, 5.41) is 9.86. The van der Waals surface area contributed by atoms with Gasteiger partial charge in [-0.25, -0.2) is 0 Å². The van der Waals surface area contributed by atoms with Gasteiger partial charge in [-0.1, -0.05) is 53.2 Å². The van der Waals surface area contributed by atoms with Crippen molar-refractivity contribution < 1.29 is 19.1 Å². The van der Waals surface area contributed by atoms with Gasteiger partial charge in [0.2, 0.25) is 0 Å². The summed E-state index contributed by atoms with van der Waals surface area (Å²) >= 11 is 0. The third-order valence-electron chi connectivity index (χ3n) is 12.7. The first kappa shape index (κ1) is 26.4. The Labute approximate surface area is 222 Å². The first-order valence-corrected chi connectivity index (χ1v) is 14.1. The highest BCUT2D eigenvalue weighted by molar-refractivity contribution is 6.05. The molecule has 200 valence electrons. The summed E-state index contributed by atoms with van der Waals surface area (Å²) in [5.74, 6) is -0.227. The molecule has 5 heteroatoms. The molecule has 5 aliphatic rings. The first-order chi connectivity index (χ1) is 17.0. The molecule has 0 amide bonds. The van der Waals surface area contributed by atoms with Crippen LogP contribution in [0.15, 0.2) is 23.3 Å². The Bertz CT molecular complexity index is 1200. The summed E-state index contributed by atoms with van der Waals surface area (Å²) in [7, 11) is 1.47. The minimum atomic E-state index is -0.683. The number of rotatable bonds is 1. The van der Waals surface area contributed by atoms with Crippen molar-refractivity contribution in [2.45, 2.75) is 93.4 Å².